The van der Waals surface area contributed by atoms with Gasteiger partial charge in [0.1, 0.15) is 0 Å². The lowest BCUT2D eigenvalue weighted by Gasteiger charge is -2.29. The number of nitrogens with zero attached hydrogens (tertiary/aromatic N) is 2. The first kappa shape index (κ1) is 10.1. The smallest absolute Gasteiger partial charge is 0.0729 e. The van der Waals surface area contributed by atoms with Gasteiger partial charge in [0, 0.05) is 28.2 Å². The van der Waals surface area contributed by atoms with Crippen LogP contribution >= 0.6 is 0 Å². The number of hydrazine groups is 1. The Hall–Kier alpha value is -2.74. The zero-order valence-corrected chi connectivity index (χ0v) is 10.8. The SMILES string of the molecule is C1=c2ccccc2=CN2c3cccc4cccc(c34)N12. The van der Waals surface area contributed by atoms with Gasteiger partial charge in [-0.05, 0) is 17.5 Å². The van der Waals surface area contributed by atoms with E-state index in [1.54, 1.807) is 0 Å². The molecule has 2 nitrogen and oxygen atoms in total. The highest BCUT2D eigenvalue weighted by Crippen LogP contribution is 2.43. The van der Waals surface area contributed by atoms with E-state index in [-0.39, 0.29) is 0 Å². The van der Waals surface area contributed by atoms with Crippen molar-refractivity contribution in [2.75, 3.05) is 10.0 Å². The van der Waals surface area contributed by atoms with Crippen molar-refractivity contribution in [1.82, 2.24) is 0 Å². The van der Waals surface area contributed by atoms with Crippen molar-refractivity contribution in [2.24, 2.45) is 0 Å². The van der Waals surface area contributed by atoms with E-state index in [0.717, 1.165) is 0 Å². The van der Waals surface area contributed by atoms with E-state index in [4.69, 9.17) is 0 Å². The summed E-state index contributed by atoms with van der Waals surface area (Å²) < 4.78 is 0. The predicted molar refractivity (Wildman–Crippen MR) is 83.5 cm³/mol. The van der Waals surface area contributed by atoms with Crippen molar-refractivity contribution in [3.05, 3.63) is 71.1 Å². The van der Waals surface area contributed by atoms with Gasteiger partial charge in [0.25, 0.3) is 0 Å². The second kappa shape index (κ2) is 3.42. The maximum absolute atomic E-state index is 2.24. The van der Waals surface area contributed by atoms with Crippen molar-refractivity contribution < 1.29 is 0 Å². The quantitative estimate of drug-likeness (QED) is 0.610. The summed E-state index contributed by atoms with van der Waals surface area (Å²) in [5, 5.41) is 9.61. The standard InChI is InChI=1S/C18H12N2/c1-2-6-15-12-20-17-10-4-8-13-7-3-9-16(18(13)17)19(20)11-14(15)5-1/h1-12H. The molecule has 0 spiro atoms. The minimum atomic E-state index is 1.25. The highest BCUT2D eigenvalue weighted by Gasteiger charge is 2.27. The Bertz CT molecular complexity index is 896. The molecule has 0 unspecified atom stereocenters. The summed E-state index contributed by atoms with van der Waals surface area (Å²) in [5.74, 6) is 0. The molecule has 0 radical (unpaired) electrons. The minimum absolute atomic E-state index is 1.25. The molecule has 5 rings (SSSR count). The van der Waals surface area contributed by atoms with E-state index in [1.807, 2.05) is 0 Å². The van der Waals surface area contributed by atoms with Crippen molar-refractivity contribution in [1.29, 1.82) is 0 Å². The van der Waals surface area contributed by atoms with E-state index in [1.165, 1.54) is 32.6 Å². The lowest BCUT2D eigenvalue weighted by Crippen LogP contribution is -2.43. The number of benzene rings is 3. The molecule has 0 aromatic heterocycles. The first-order valence-electron chi connectivity index (χ1n) is 6.81. The van der Waals surface area contributed by atoms with Crippen LogP contribution in [0.4, 0.5) is 11.4 Å². The molecular formula is C18H12N2. The molecule has 2 aliphatic rings. The Morgan fingerprint density at radius 1 is 0.550 bits per heavy atom. The molecule has 0 saturated heterocycles. The Kier molecular flexibility index (Phi) is 1.73. The molecular weight excluding hydrogens is 244 g/mol. The van der Waals surface area contributed by atoms with Gasteiger partial charge in [-0.1, -0.05) is 48.5 Å². The Balaban J connectivity index is 1.92. The molecule has 0 fully saturated rings. The number of hydrogen-bond donors (Lipinski definition) is 0. The predicted octanol–water partition coefficient (Wildman–Crippen LogP) is 2.57. The van der Waals surface area contributed by atoms with Gasteiger partial charge in [-0.3, -0.25) is 10.0 Å². The van der Waals surface area contributed by atoms with Crippen molar-refractivity contribution in [3.8, 4) is 0 Å². The minimum Gasteiger partial charge on any atom is -0.256 e. The largest absolute Gasteiger partial charge is 0.256 e. The van der Waals surface area contributed by atoms with Crippen LogP contribution < -0.4 is 20.5 Å². The summed E-state index contributed by atoms with van der Waals surface area (Å²) in [6.07, 6.45) is 4.42. The first-order chi connectivity index (χ1) is 9.92. The molecule has 2 aliphatic heterocycles. The maximum Gasteiger partial charge on any atom is 0.0729 e. The van der Waals surface area contributed by atoms with E-state index >= 15 is 0 Å². The topological polar surface area (TPSA) is 6.48 Å². The highest BCUT2D eigenvalue weighted by atomic mass is 15.6. The Labute approximate surface area is 116 Å². The van der Waals surface area contributed by atoms with Crippen molar-refractivity contribution >= 4 is 34.5 Å². The average molecular weight is 256 g/mol. The third kappa shape index (κ3) is 1.14. The van der Waals surface area contributed by atoms with Crippen LogP contribution in [0.2, 0.25) is 0 Å². The lowest BCUT2D eigenvalue weighted by atomic mass is 10.1. The van der Waals surface area contributed by atoms with Crippen LogP contribution in [0.25, 0.3) is 23.2 Å². The molecule has 0 bridgehead atoms. The van der Waals surface area contributed by atoms with E-state index < -0.39 is 0 Å². The van der Waals surface area contributed by atoms with Gasteiger partial charge in [-0.25, -0.2) is 0 Å². The number of anilines is 2. The number of fused-ring (bicyclic) bond motifs is 4. The van der Waals surface area contributed by atoms with E-state index in [9.17, 15) is 0 Å². The number of hydrogen-bond acceptors (Lipinski definition) is 2. The summed E-state index contributed by atoms with van der Waals surface area (Å²) in [5.41, 5.74) is 2.51. The van der Waals surface area contributed by atoms with Gasteiger partial charge in [0.2, 0.25) is 0 Å². The fourth-order valence-corrected chi connectivity index (χ4v) is 3.19. The monoisotopic (exact) mass is 256 g/mol. The zero-order valence-electron chi connectivity index (χ0n) is 10.8. The van der Waals surface area contributed by atoms with Gasteiger partial charge in [0.15, 0.2) is 0 Å². The van der Waals surface area contributed by atoms with Crippen LogP contribution in [0.3, 0.4) is 0 Å². The first-order valence-corrected chi connectivity index (χ1v) is 6.81. The van der Waals surface area contributed by atoms with E-state index in [0.29, 0.717) is 0 Å². The molecule has 0 aliphatic carbocycles. The molecule has 94 valence electrons. The van der Waals surface area contributed by atoms with Crippen LogP contribution in [-0.2, 0) is 0 Å². The molecule has 20 heavy (non-hydrogen) atoms. The normalized spacial score (nSPS) is 14.6. The van der Waals surface area contributed by atoms with Crippen molar-refractivity contribution in [3.63, 3.8) is 0 Å². The Morgan fingerprint density at radius 3 is 1.65 bits per heavy atom. The molecule has 3 aromatic rings. The molecule has 0 atom stereocenters. The molecule has 3 aromatic carbocycles. The fraction of sp³-hybridized carbons (Fsp3) is 0. The lowest BCUT2D eigenvalue weighted by molar-refractivity contribution is 1.07. The van der Waals surface area contributed by atoms with E-state index in [2.05, 4.69) is 83.1 Å². The van der Waals surface area contributed by atoms with Gasteiger partial charge >= 0.3 is 0 Å². The third-order valence-electron chi connectivity index (χ3n) is 4.11. The average Bonchev–Trinajstić information content (AvgIpc) is 2.82. The molecule has 2 heterocycles. The molecule has 0 amide bonds. The Morgan fingerprint density at radius 2 is 1.10 bits per heavy atom. The molecule has 2 heteroatoms. The van der Waals surface area contributed by atoms with Gasteiger partial charge in [-0.2, -0.15) is 0 Å². The third-order valence-corrected chi connectivity index (χ3v) is 4.11. The van der Waals surface area contributed by atoms with Crippen LogP contribution in [0.15, 0.2) is 60.7 Å². The second-order valence-corrected chi connectivity index (χ2v) is 5.23. The maximum atomic E-state index is 2.24. The number of rotatable bonds is 0. The van der Waals surface area contributed by atoms with Crippen LogP contribution in [0.5, 0.6) is 0 Å². The summed E-state index contributed by atoms with van der Waals surface area (Å²) >= 11 is 0. The highest BCUT2D eigenvalue weighted by molar-refractivity contribution is 6.11. The van der Waals surface area contributed by atoms with Crippen LogP contribution in [-0.4, -0.2) is 0 Å². The second-order valence-electron chi connectivity index (χ2n) is 5.23. The van der Waals surface area contributed by atoms with Crippen LogP contribution in [0, 0.1) is 0 Å². The summed E-state index contributed by atoms with van der Waals surface area (Å²) in [6, 6.07) is 21.5. The van der Waals surface area contributed by atoms with Gasteiger partial charge in [-0.15, -0.1) is 0 Å². The summed E-state index contributed by atoms with van der Waals surface area (Å²) in [7, 11) is 0. The summed E-state index contributed by atoms with van der Waals surface area (Å²) in [4.78, 5) is 0. The summed E-state index contributed by atoms with van der Waals surface area (Å²) in [6.45, 7) is 0. The molecule has 0 saturated carbocycles. The molecule has 0 N–H and O–H groups in total. The van der Waals surface area contributed by atoms with Gasteiger partial charge in [0.05, 0.1) is 11.4 Å². The van der Waals surface area contributed by atoms with Gasteiger partial charge < -0.3 is 0 Å². The van der Waals surface area contributed by atoms with Crippen LogP contribution in [0.1, 0.15) is 0 Å². The zero-order chi connectivity index (χ0) is 13.1. The van der Waals surface area contributed by atoms with Crippen molar-refractivity contribution in [2.45, 2.75) is 0 Å². The fourth-order valence-electron chi connectivity index (χ4n) is 3.19.